The van der Waals surface area contributed by atoms with Crippen LogP contribution in [0.5, 0.6) is 0 Å². The van der Waals surface area contributed by atoms with Gasteiger partial charge in [0.1, 0.15) is 11.4 Å². The summed E-state index contributed by atoms with van der Waals surface area (Å²) >= 11 is 0. The molecule has 1 saturated heterocycles. The summed E-state index contributed by atoms with van der Waals surface area (Å²) in [5.41, 5.74) is -0.843. The molecule has 2 atom stereocenters. The van der Waals surface area contributed by atoms with Gasteiger partial charge in [-0.25, -0.2) is 4.98 Å². The van der Waals surface area contributed by atoms with Crippen molar-refractivity contribution in [3.05, 3.63) is 18.2 Å². The standard InChI is InChI=1S/C14H25N3O2/c1-19-10-3-2-6-14(18,13-16-8-9-17-13)12-5-4-7-15-11-12/h8-9,12,15,18H,2-7,10-11H2,1H3,(H,16,17)/t12?,14-/m0/s1. The van der Waals surface area contributed by atoms with E-state index in [0.717, 1.165) is 51.8 Å². The van der Waals surface area contributed by atoms with E-state index in [-0.39, 0.29) is 5.92 Å². The molecule has 1 aromatic heterocycles. The lowest BCUT2D eigenvalue weighted by atomic mass is 9.78. The van der Waals surface area contributed by atoms with E-state index in [0.29, 0.717) is 5.82 Å². The van der Waals surface area contributed by atoms with E-state index in [1.807, 2.05) is 0 Å². The average molecular weight is 267 g/mol. The Morgan fingerprint density at radius 2 is 2.42 bits per heavy atom. The largest absolute Gasteiger partial charge is 0.385 e. The van der Waals surface area contributed by atoms with Crippen LogP contribution in [0.3, 0.4) is 0 Å². The summed E-state index contributed by atoms with van der Waals surface area (Å²) < 4.78 is 5.08. The topological polar surface area (TPSA) is 70.2 Å². The maximum absolute atomic E-state index is 11.1. The minimum absolute atomic E-state index is 0.231. The monoisotopic (exact) mass is 267 g/mol. The highest BCUT2D eigenvalue weighted by molar-refractivity contribution is 5.06. The third-order valence-corrected chi connectivity index (χ3v) is 4.04. The molecule has 5 heteroatoms. The number of ether oxygens (including phenoxy) is 1. The molecule has 0 radical (unpaired) electrons. The van der Waals surface area contributed by atoms with E-state index < -0.39 is 5.60 Å². The highest BCUT2D eigenvalue weighted by Gasteiger charge is 2.40. The highest BCUT2D eigenvalue weighted by Crippen LogP contribution is 2.36. The third kappa shape index (κ3) is 3.55. The molecule has 3 N–H and O–H groups in total. The number of hydrogen-bond donors (Lipinski definition) is 3. The molecule has 108 valence electrons. The van der Waals surface area contributed by atoms with Crippen LogP contribution in [0.4, 0.5) is 0 Å². The number of unbranched alkanes of at least 4 members (excludes halogenated alkanes) is 1. The van der Waals surface area contributed by atoms with Gasteiger partial charge in [-0.05, 0) is 38.6 Å². The zero-order chi connectivity index (χ0) is 13.6. The fourth-order valence-corrected chi connectivity index (χ4v) is 2.92. The third-order valence-electron chi connectivity index (χ3n) is 4.04. The molecule has 1 fully saturated rings. The normalized spacial score (nSPS) is 23.2. The maximum Gasteiger partial charge on any atom is 0.138 e. The lowest BCUT2D eigenvalue weighted by molar-refractivity contribution is -0.0502. The first-order valence-corrected chi connectivity index (χ1v) is 7.19. The minimum Gasteiger partial charge on any atom is -0.385 e. The summed E-state index contributed by atoms with van der Waals surface area (Å²) in [6.45, 7) is 2.66. The van der Waals surface area contributed by atoms with Crippen molar-refractivity contribution in [3.8, 4) is 0 Å². The number of methoxy groups -OCH3 is 1. The molecule has 2 heterocycles. The molecule has 1 unspecified atom stereocenters. The summed E-state index contributed by atoms with van der Waals surface area (Å²) in [5, 5.41) is 14.5. The van der Waals surface area contributed by atoms with Gasteiger partial charge in [0, 0.05) is 38.6 Å². The fraction of sp³-hybridized carbons (Fsp3) is 0.786. The number of rotatable bonds is 7. The van der Waals surface area contributed by atoms with Crippen LogP contribution in [0, 0.1) is 5.92 Å². The molecule has 1 aliphatic heterocycles. The van der Waals surface area contributed by atoms with Crippen molar-refractivity contribution in [1.29, 1.82) is 0 Å². The summed E-state index contributed by atoms with van der Waals surface area (Å²) in [6.07, 6.45) is 8.31. The Bertz CT molecular complexity index is 350. The van der Waals surface area contributed by atoms with Gasteiger partial charge in [-0.2, -0.15) is 0 Å². The lowest BCUT2D eigenvalue weighted by Gasteiger charge is -2.37. The van der Waals surface area contributed by atoms with Crippen molar-refractivity contribution in [2.24, 2.45) is 5.92 Å². The van der Waals surface area contributed by atoms with Gasteiger partial charge >= 0.3 is 0 Å². The molecular weight excluding hydrogens is 242 g/mol. The van der Waals surface area contributed by atoms with Crippen LogP contribution in [0.25, 0.3) is 0 Å². The number of hydrogen-bond acceptors (Lipinski definition) is 4. The Hall–Kier alpha value is -0.910. The Labute approximate surface area is 114 Å². The van der Waals surface area contributed by atoms with E-state index in [1.54, 1.807) is 19.5 Å². The first kappa shape index (κ1) is 14.5. The van der Waals surface area contributed by atoms with Gasteiger partial charge in [0.15, 0.2) is 0 Å². The maximum atomic E-state index is 11.1. The molecule has 0 bridgehead atoms. The Morgan fingerprint density at radius 3 is 3.05 bits per heavy atom. The van der Waals surface area contributed by atoms with E-state index >= 15 is 0 Å². The van der Waals surface area contributed by atoms with Gasteiger partial charge in [-0.1, -0.05) is 0 Å². The first-order chi connectivity index (χ1) is 9.27. The van der Waals surface area contributed by atoms with Crippen molar-refractivity contribution in [2.45, 2.75) is 37.7 Å². The van der Waals surface area contributed by atoms with E-state index in [4.69, 9.17) is 4.74 Å². The number of aromatic amines is 1. The summed E-state index contributed by atoms with van der Waals surface area (Å²) in [4.78, 5) is 7.39. The molecule has 0 amide bonds. The molecule has 1 aromatic rings. The van der Waals surface area contributed by atoms with Gasteiger partial charge in [0.25, 0.3) is 0 Å². The van der Waals surface area contributed by atoms with Gasteiger partial charge in [0.05, 0.1) is 0 Å². The minimum atomic E-state index is -0.843. The van der Waals surface area contributed by atoms with Crippen LogP contribution in [-0.4, -0.2) is 41.9 Å². The Morgan fingerprint density at radius 1 is 1.53 bits per heavy atom. The van der Waals surface area contributed by atoms with Gasteiger partial charge in [0.2, 0.25) is 0 Å². The first-order valence-electron chi connectivity index (χ1n) is 7.19. The molecule has 0 saturated carbocycles. The zero-order valence-corrected chi connectivity index (χ0v) is 11.7. The van der Waals surface area contributed by atoms with Crippen LogP contribution in [-0.2, 0) is 10.3 Å². The van der Waals surface area contributed by atoms with Crippen LogP contribution in [0.1, 0.15) is 37.9 Å². The quantitative estimate of drug-likeness (QED) is 0.653. The van der Waals surface area contributed by atoms with Crippen molar-refractivity contribution in [2.75, 3.05) is 26.8 Å². The number of piperidine rings is 1. The average Bonchev–Trinajstić information content (AvgIpc) is 2.99. The van der Waals surface area contributed by atoms with Crippen LogP contribution >= 0.6 is 0 Å². The molecule has 1 aliphatic rings. The predicted octanol–water partition coefficient (Wildman–Crippen LogP) is 1.41. The molecule has 0 spiro atoms. The second kappa shape index (κ2) is 7.03. The number of nitrogens with zero attached hydrogens (tertiary/aromatic N) is 1. The van der Waals surface area contributed by atoms with Crippen LogP contribution in [0.15, 0.2) is 12.4 Å². The molecule has 19 heavy (non-hydrogen) atoms. The smallest absolute Gasteiger partial charge is 0.138 e. The number of nitrogens with one attached hydrogen (secondary N) is 2. The van der Waals surface area contributed by atoms with Crippen molar-refractivity contribution in [3.63, 3.8) is 0 Å². The number of aromatic nitrogens is 2. The van der Waals surface area contributed by atoms with Crippen molar-refractivity contribution in [1.82, 2.24) is 15.3 Å². The number of H-pyrrole nitrogens is 1. The highest BCUT2D eigenvalue weighted by atomic mass is 16.5. The van der Waals surface area contributed by atoms with Gasteiger partial charge in [-0.3, -0.25) is 0 Å². The van der Waals surface area contributed by atoms with Crippen LogP contribution < -0.4 is 5.32 Å². The van der Waals surface area contributed by atoms with E-state index in [1.165, 1.54) is 0 Å². The molecule has 2 rings (SSSR count). The lowest BCUT2D eigenvalue weighted by Crippen LogP contribution is -2.45. The molecule has 0 aromatic carbocycles. The molecule has 0 aliphatic carbocycles. The fourth-order valence-electron chi connectivity index (χ4n) is 2.92. The molecular formula is C14H25N3O2. The van der Waals surface area contributed by atoms with Gasteiger partial charge < -0.3 is 20.1 Å². The van der Waals surface area contributed by atoms with E-state index in [2.05, 4.69) is 15.3 Å². The number of imidazole rings is 1. The summed E-state index contributed by atoms with van der Waals surface area (Å²) in [7, 11) is 1.71. The second-order valence-electron chi connectivity index (χ2n) is 5.36. The second-order valence-corrected chi connectivity index (χ2v) is 5.36. The molecule has 5 nitrogen and oxygen atoms in total. The predicted molar refractivity (Wildman–Crippen MR) is 73.8 cm³/mol. The van der Waals surface area contributed by atoms with Crippen LogP contribution in [0.2, 0.25) is 0 Å². The Balaban J connectivity index is 2.03. The van der Waals surface area contributed by atoms with E-state index in [9.17, 15) is 5.11 Å². The number of aliphatic hydroxyl groups is 1. The van der Waals surface area contributed by atoms with Gasteiger partial charge in [-0.15, -0.1) is 0 Å². The summed E-state index contributed by atoms with van der Waals surface area (Å²) in [6, 6.07) is 0. The van der Waals surface area contributed by atoms with Crippen molar-refractivity contribution < 1.29 is 9.84 Å². The Kier molecular flexibility index (Phi) is 5.36. The SMILES string of the molecule is COCCCC[C@@](O)(c1ncc[nH]1)C1CCCNC1. The summed E-state index contributed by atoms with van der Waals surface area (Å²) in [5.74, 6) is 0.938. The zero-order valence-electron chi connectivity index (χ0n) is 11.7. The van der Waals surface area contributed by atoms with Crippen molar-refractivity contribution >= 4 is 0 Å².